The van der Waals surface area contributed by atoms with Crippen molar-refractivity contribution in [3.63, 3.8) is 0 Å². The Morgan fingerprint density at radius 2 is 1.96 bits per heavy atom. The number of benzene rings is 2. The zero-order chi connectivity index (χ0) is 31.0. The summed E-state index contributed by atoms with van der Waals surface area (Å²) in [5, 5.41) is 14.9. The molecule has 0 radical (unpaired) electrons. The van der Waals surface area contributed by atoms with Gasteiger partial charge in [0.15, 0.2) is 5.82 Å². The quantitative estimate of drug-likeness (QED) is 0.229. The fourth-order valence-electron chi connectivity index (χ4n) is 8.38. The second-order valence-electron chi connectivity index (χ2n) is 13.7. The molecule has 3 atom stereocenters. The van der Waals surface area contributed by atoms with E-state index in [4.69, 9.17) is 28.2 Å². The average Bonchev–Trinajstić information content (AvgIpc) is 3.52. The molecular formula is C36H36Cl2FN5O. The van der Waals surface area contributed by atoms with Gasteiger partial charge in [-0.2, -0.15) is 5.26 Å². The molecule has 10 rings (SSSR count). The van der Waals surface area contributed by atoms with E-state index in [1.165, 1.54) is 19.4 Å². The van der Waals surface area contributed by atoms with Crippen molar-refractivity contribution in [1.29, 1.82) is 5.26 Å². The van der Waals surface area contributed by atoms with E-state index in [9.17, 15) is 10.1 Å². The summed E-state index contributed by atoms with van der Waals surface area (Å²) in [6.07, 6.45) is 8.76. The Morgan fingerprint density at radius 1 is 1.13 bits per heavy atom. The van der Waals surface area contributed by atoms with Gasteiger partial charge in [-0.15, -0.1) is 0 Å². The molecule has 4 bridgehead atoms. The number of likely N-dealkylation sites (tertiary alicyclic amines) is 1. The average molecular weight is 645 g/mol. The molecule has 1 amide bonds. The van der Waals surface area contributed by atoms with E-state index in [2.05, 4.69) is 27.3 Å². The number of aryl methyl sites for hydroxylation is 2. The van der Waals surface area contributed by atoms with Gasteiger partial charge in [0, 0.05) is 57.7 Å². The number of aromatic nitrogens is 2. The molecule has 9 heteroatoms. The Bertz CT molecular complexity index is 1870. The van der Waals surface area contributed by atoms with E-state index in [1.807, 2.05) is 13.0 Å². The number of halogens is 3. The number of hydrogen-bond donors (Lipinski definition) is 2. The van der Waals surface area contributed by atoms with Crippen LogP contribution in [-0.2, 0) is 11.2 Å². The Labute approximate surface area is 272 Å². The first kappa shape index (κ1) is 29.2. The van der Waals surface area contributed by atoms with Crippen LogP contribution in [0.5, 0.6) is 0 Å². The number of amides is 1. The lowest BCUT2D eigenvalue weighted by Gasteiger charge is -2.35. The standard InChI is InChI=1S/C31H27Cl2FN4O.C5H9N/c1-15-21-14-24(30-18-9-10-19(12-18)38(30)31(39)16-7-8-16)37-28(21)22-13-17(4-3-11-35)25(27(34)29(22)36-15)20-5-2-6-23(32)26(20)33;1-4-2-5(1)6-3-4/h2,5-6,13-14,16,18-19,30,37H,3-4,7-10,12H2,1H3;4-6H,1-3H2. The van der Waals surface area contributed by atoms with Crippen LogP contribution in [0.2, 0.25) is 10.0 Å². The summed E-state index contributed by atoms with van der Waals surface area (Å²) < 4.78 is 16.4. The van der Waals surface area contributed by atoms with Crippen LogP contribution < -0.4 is 5.32 Å². The molecule has 3 aliphatic heterocycles. The third-order valence-corrected chi connectivity index (χ3v) is 11.7. The second-order valence-corrected chi connectivity index (χ2v) is 14.5. The first-order chi connectivity index (χ1) is 21.8. The van der Waals surface area contributed by atoms with Crippen molar-refractivity contribution in [3.05, 3.63) is 63.1 Å². The van der Waals surface area contributed by atoms with Gasteiger partial charge in [-0.25, -0.2) is 9.37 Å². The molecule has 3 saturated heterocycles. The summed E-state index contributed by atoms with van der Waals surface area (Å²) in [5.41, 5.74) is 4.28. The largest absolute Gasteiger partial charge is 0.356 e. The fraction of sp³-hybridized carbons (Fsp3) is 0.472. The van der Waals surface area contributed by atoms with Crippen molar-refractivity contribution in [2.24, 2.45) is 17.8 Å². The van der Waals surface area contributed by atoms with E-state index >= 15 is 4.39 Å². The van der Waals surface area contributed by atoms with Crippen LogP contribution in [0.3, 0.4) is 0 Å². The fourth-order valence-corrected chi connectivity index (χ4v) is 8.77. The number of nitriles is 1. The number of piperidine rings is 1. The maximum atomic E-state index is 16.4. The minimum atomic E-state index is -0.476. The molecule has 4 aromatic rings. The van der Waals surface area contributed by atoms with Gasteiger partial charge in [0.05, 0.1) is 27.7 Å². The number of aromatic amines is 1. The van der Waals surface area contributed by atoms with Crippen LogP contribution in [0.25, 0.3) is 32.9 Å². The number of fused-ring (bicyclic) bond motifs is 6. The topological polar surface area (TPSA) is 84.8 Å². The number of pyridine rings is 1. The van der Waals surface area contributed by atoms with Crippen LogP contribution in [-0.4, -0.2) is 39.4 Å². The van der Waals surface area contributed by atoms with E-state index < -0.39 is 5.82 Å². The molecule has 5 heterocycles. The van der Waals surface area contributed by atoms with Gasteiger partial charge in [0.25, 0.3) is 0 Å². The molecule has 6 fully saturated rings. The van der Waals surface area contributed by atoms with Gasteiger partial charge in [-0.05, 0) is 100 Å². The number of carbonyl (C=O) groups is 1. The van der Waals surface area contributed by atoms with E-state index in [0.717, 1.165) is 66.4 Å². The van der Waals surface area contributed by atoms with Crippen LogP contribution in [0.15, 0.2) is 30.3 Å². The van der Waals surface area contributed by atoms with Gasteiger partial charge in [0.1, 0.15) is 5.52 Å². The molecule has 2 aromatic heterocycles. The third-order valence-electron chi connectivity index (χ3n) is 10.8. The van der Waals surface area contributed by atoms with Crippen LogP contribution >= 0.6 is 23.2 Å². The van der Waals surface area contributed by atoms with E-state index in [-0.39, 0.29) is 28.9 Å². The summed E-state index contributed by atoms with van der Waals surface area (Å²) in [6, 6.07) is 12.7. The summed E-state index contributed by atoms with van der Waals surface area (Å²) in [4.78, 5) is 23.8. The van der Waals surface area contributed by atoms with Crippen molar-refractivity contribution in [3.8, 4) is 17.2 Å². The van der Waals surface area contributed by atoms with Gasteiger partial charge < -0.3 is 15.2 Å². The maximum absolute atomic E-state index is 16.4. The SMILES string of the molecule is C1NC2CC1C2.Cc1nc2c(F)c(-c3cccc(Cl)c3Cl)c(CCC#N)cc2c2[nH]c(C3C4CCC(C4)N3C(=O)C3CC3)cc12. The lowest BCUT2D eigenvalue weighted by atomic mass is 9.87. The van der Waals surface area contributed by atoms with Crippen molar-refractivity contribution in [2.45, 2.75) is 82.8 Å². The molecule has 45 heavy (non-hydrogen) atoms. The Kier molecular flexibility index (Phi) is 7.32. The molecule has 6 nitrogen and oxygen atoms in total. The smallest absolute Gasteiger partial charge is 0.226 e. The van der Waals surface area contributed by atoms with Gasteiger partial charge in [-0.1, -0.05) is 35.3 Å². The predicted octanol–water partition coefficient (Wildman–Crippen LogP) is 8.42. The summed E-state index contributed by atoms with van der Waals surface area (Å²) in [6.45, 7) is 3.20. The zero-order valence-electron chi connectivity index (χ0n) is 25.3. The molecule has 3 aliphatic carbocycles. The van der Waals surface area contributed by atoms with E-state index in [0.29, 0.717) is 51.4 Å². The van der Waals surface area contributed by atoms with Gasteiger partial charge in [0.2, 0.25) is 5.91 Å². The van der Waals surface area contributed by atoms with Crippen LogP contribution in [0.1, 0.15) is 74.4 Å². The monoisotopic (exact) mass is 643 g/mol. The summed E-state index contributed by atoms with van der Waals surface area (Å²) >= 11 is 12.8. The number of rotatable bonds is 5. The van der Waals surface area contributed by atoms with Gasteiger partial charge >= 0.3 is 0 Å². The summed E-state index contributed by atoms with van der Waals surface area (Å²) in [5.74, 6) is 1.50. The Morgan fingerprint density at radius 3 is 2.64 bits per heavy atom. The van der Waals surface area contributed by atoms with Crippen molar-refractivity contribution in [1.82, 2.24) is 20.2 Å². The Balaban J connectivity index is 0.000000444. The lowest BCUT2D eigenvalue weighted by Crippen LogP contribution is -2.41. The van der Waals surface area contributed by atoms with Gasteiger partial charge in [-0.3, -0.25) is 4.79 Å². The third kappa shape index (κ3) is 4.92. The molecule has 0 spiro atoms. The number of nitrogens with zero attached hydrogens (tertiary/aromatic N) is 3. The first-order valence-electron chi connectivity index (χ1n) is 16.3. The van der Waals surface area contributed by atoms with Crippen LogP contribution in [0.4, 0.5) is 4.39 Å². The highest BCUT2D eigenvalue weighted by molar-refractivity contribution is 6.43. The molecule has 232 valence electrons. The highest BCUT2D eigenvalue weighted by Crippen LogP contribution is 2.52. The second kappa shape index (κ2) is 11.3. The van der Waals surface area contributed by atoms with Crippen LogP contribution in [0, 0.1) is 41.8 Å². The Hall–Kier alpha value is -3.18. The van der Waals surface area contributed by atoms with Crippen molar-refractivity contribution < 1.29 is 9.18 Å². The molecule has 3 saturated carbocycles. The molecule has 2 aromatic carbocycles. The summed E-state index contributed by atoms with van der Waals surface area (Å²) in [7, 11) is 0. The highest BCUT2D eigenvalue weighted by atomic mass is 35.5. The zero-order valence-corrected chi connectivity index (χ0v) is 26.8. The van der Waals surface area contributed by atoms with Crippen molar-refractivity contribution in [2.75, 3.05) is 6.54 Å². The van der Waals surface area contributed by atoms with Crippen molar-refractivity contribution >= 4 is 50.9 Å². The molecular weight excluding hydrogens is 608 g/mol. The molecule has 2 N–H and O–H groups in total. The predicted molar refractivity (Wildman–Crippen MR) is 176 cm³/mol. The number of nitrogens with one attached hydrogen (secondary N) is 2. The molecule has 3 unspecified atom stereocenters. The van der Waals surface area contributed by atoms with E-state index in [1.54, 1.807) is 18.2 Å². The highest BCUT2D eigenvalue weighted by Gasteiger charge is 2.51. The maximum Gasteiger partial charge on any atom is 0.226 e. The number of H-pyrrole nitrogens is 1. The minimum absolute atomic E-state index is 0.0196. The lowest BCUT2D eigenvalue weighted by molar-refractivity contribution is -0.137. The first-order valence-corrected chi connectivity index (χ1v) is 17.1. The number of carbonyl (C=O) groups excluding carboxylic acids is 1. The molecule has 6 aliphatic rings. The normalized spacial score (nSPS) is 26.2. The minimum Gasteiger partial charge on any atom is -0.356 e. The number of hydrogen-bond acceptors (Lipinski definition) is 4.